The fourth-order valence-electron chi connectivity index (χ4n) is 3.14. The number of nitrogens with zero attached hydrogens (tertiary/aromatic N) is 2. The summed E-state index contributed by atoms with van der Waals surface area (Å²) in [6, 6.07) is 9.43. The molecule has 0 aliphatic carbocycles. The SMILES string of the molecule is O=C(CCc1ccc(Cl)cc1)N1CCC[C@@H](c2ccnc(=O)[nH]2)C1. The van der Waals surface area contributed by atoms with Crippen molar-refractivity contribution in [2.45, 2.75) is 31.6 Å². The average molecular weight is 346 g/mol. The van der Waals surface area contributed by atoms with E-state index in [4.69, 9.17) is 11.6 Å². The molecule has 1 aromatic heterocycles. The van der Waals surface area contributed by atoms with Crippen molar-refractivity contribution in [1.29, 1.82) is 0 Å². The topological polar surface area (TPSA) is 66.1 Å². The van der Waals surface area contributed by atoms with E-state index in [1.54, 1.807) is 0 Å². The van der Waals surface area contributed by atoms with Crippen LogP contribution < -0.4 is 5.69 Å². The highest BCUT2D eigenvalue weighted by molar-refractivity contribution is 6.30. The predicted octanol–water partition coefficient (Wildman–Crippen LogP) is 2.76. The van der Waals surface area contributed by atoms with E-state index in [9.17, 15) is 9.59 Å². The Morgan fingerprint density at radius 1 is 1.29 bits per heavy atom. The van der Waals surface area contributed by atoms with Gasteiger partial charge in [0.05, 0.1) is 0 Å². The van der Waals surface area contributed by atoms with Gasteiger partial charge in [-0.25, -0.2) is 9.78 Å². The fraction of sp³-hybridized carbons (Fsp3) is 0.389. The number of rotatable bonds is 4. The van der Waals surface area contributed by atoms with Crippen LogP contribution in [0.2, 0.25) is 5.02 Å². The van der Waals surface area contributed by atoms with Crippen LogP contribution in [0.15, 0.2) is 41.3 Å². The van der Waals surface area contributed by atoms with Crippen molar-refractivity contribution < 1.29 is 4.79 Å². The average Bonchev–Trinajstić information content (AvgIpc) is 2.61. The maximum absolute atomic E-state index is 12.5. The van der Waals surface area contributed by atoms with Gasteiger partial charge in [0.1, 0.15) is 0 Å². The molecule has 5 nitrogen and oxygen atoms in total. The number of H-pyrrole nitrogens is 1. The Bertz CT molecular complexity index is 757. The minimum atomic E-state index is -0.335. The molecule has 1 atom stereocenters. The number of amides is 1. The molecule has 1 saturated heterocycles. The zero-order chi connectivity index (χ0) is 16.9. The Morgan fingerprint density at radius 3 is 2.83 bits per heavy atom. The van der Waals surface area contributed by atoms with Gasteiger partial charge in [0.2, 0.25) is 5.91 Å². The molecular formula is C18H20ClN3O2. The molecule has 3 rings (SSSR count). The lowest BCUT2D eigenvalue weighted by molar-refractivity contribution is -0.132. The number of aromatic nitrogens is 2. The summed E-state index contributed by atoms with van der Waals surface area (Å²) < 4.78 is 0. The molecule has 0 radical (unpaired) electrons. The van der Waals surface area contributed by atoms with Crippen LogP contribution in [0.25, 0.3) is 0 Å². The third-order valence-electron chi connectivity index (χ3n) is 4.45. The van der Waals surface area contributed by atoms with Gasteiger partial charge < -0.3 is 9.88 Å². The number of aromatic amines is 1. The van der Waals surface area contributed by atoms with E-state index in [0.29, 0.717) is 24.4 Å². The second-order valence-electron chi connectivity index (χ2n) is 6.14. The van der Waals surface area contributed by atoms with Gasteiger partial charge in [-0.2, -0.15) is 0 Å². The molecule has 1 aliphatic rings. The van der Waals surface area contributed by atoms with Crippen molar-refractivity contribution in [2.75, 3.05) is 13.1 Å². The fourth-order valence-corrected chi connectivity index (χ4v) is 3.26. The Balaban J connectivity index is 1.58. The zero-order valence-corrected chi connectivity index (χ0v) is 14.1. The van der Waals surface area contributed by atoms with Gasteiger partial charge in [-0.15, -0.1) is 0 Å². The molecule has 2 aromatic rings. The molecule has 24 heavy (non-hydrogen) atoms. The van der Waals surface area contributed by atoms with Crippen LogP contribution in [-0.2, 0) is 11.2 Å². The summed E-state index contributed by atoms with van der Waals surface area (Å²) in [6.45, 7) is 1.44. The van der Waals surface area contributed by atoms with E-state index >= 15 is 0 Å². The number of carbonyl (C=O) groups excluding carboxylic acids is 1. The minimum Gasteiger partial charge on any atom is -0.342 e. The molecule has 1 amide bonds. The molecule has 1 aliphatic heterocycles. The van der Waals surface area contributed by atoms with Crippen LogP contribution in [-0.4, -0.2) is 33.9 Å². The lowest BCUT2D eigenvalue weighted by Gasteiger charge is -2.32. The third-order valence-corrected chi connectivity index (χ3v) is 4.70. The summed E-state index contributed by atoms with van der Waals surface area (Å²) in [5.41, 5.74) is 1.64. The highest BCUT2D eigenvalue weighted by Gasteiger charge is 2.25. The Morgan fingerprint density at radius 2 is 2.08 bits per heavy atom. The normalized spacial score (nSPS) is 17.7. The number of likely N-dealkylation sites (tertiary alicyclic amines) is 1. The number of hydrogen-bond donors (Lipinski definition) is 1. The molecule has 1 fully saturated rings. The molecule has 126 valence electrons. The maximum atomic E-state index is 12.5. The van der Waals surface area contributed by atoms with Crippen molar-refractivity contribution in [2.24, 2.45) is 0 Å². The van der Waals surface area contributed by atoms with Crippen molar-refractivity contribution >= 4 is 17.5 Å². The number of carbonyl (C=O) groups is 1. The van der Waals surface area contributed by atoms with Crippen LogP contribution in [0.1, 0.15) is 36.4 Å². The van der Waals surface area contributed by atoms with Crippen LogP contribution in [0.5, 0.6) is 0 Å². The predicted molar refractivity (Wildman–Crippen MR) is 93.2 cm³/mol. The monoisotopic (exact) mass is 345 g/mol. The van der Waals surface area contributed by atoms with Gasteiger partial charge in [-0.1, -0.05) is 23.7 Å². The molecule has 1 N–H and O–H groups in total. The van der Waals surface area contributed by atoms with Gasteiger partial charge in [0.25, 0.3) is 0 Å². The standard InChI is InChI=1S/C18H20ClN3O2/c19-15-6-3-13(4-7-15)5-8-17(23)22-11-1-2-14(12-22)16-9-10-20-18(24)21-16/h3-4,6-7,9-10,14H,1-2,5,8,11-12H2,(H,20,21,24)/t14-/m1/s1. The first-order valence-electron chi connectivity index (χ1n) is 8.19. The van der Waals surface area contributed by atoms with Crippen molar-refractivity contribution in [1.82, 2.24) is 14.9 Å². The minimum absolute atomic E-state index is 0.158. The lowest BCUT2D eigenvalue weighted by Crippen LogP contribution is -2.39. The highest BCUT2D eigenvalue weighted by Crippen LogP contribution is 2.25. The number of aryl methyl sites for hydroxylation is 1. The lowest BCUT2D eigenvalue weighted by atomic mass is 9.94. The van der Waals surface area contributed by atoms with Crippen LogP contribution in [0, 0.1) is 0 Å². The van der Waals surface area contributed by atoms with Crippen molar-refractivity contribution in [3.05, 3.63) is 63.3 Å². The highest BCUT2D eigenvalue weighted by atomic mass is 35.5. The molecule has 2 heterocycles. The summed E-state index contributed by atoms with van der Waals surface area (Å²) in [7, 11) is 0. The van der Waals surface area contributed by atoms with E-state index in [0.717, 1.165) is 30.6 Å². The smallest absolute Gasteiger partial charge is 0.342 e. The summed E-state index contributed by atoms with van der Waals surface area (Å²) in [5, 5.41) is 0.704. The Hall–Kier alpha value is -2.14. The number of hydrogen-bond acceptors (Lipinski definition) is 3. The molecule has 0 bridgehead atoms. The first-order valence-corrected chi connectivity index (χ1v) is 8.57. The Kier molecular flexibility index (Phi) is 5.30. The Labute approximate surface area is 145 Å². The van der Waals surface area contributed by atoms with Gasteiger partial charge in [-0.05, 0) is 43.0 Å². The number of halogens is 1. The van der Waals surface area contributed by atoms with Crippen LogP contribution in [0.4, 0.5) is 0 Å². The van der Waals surface area contributed by atoms with E-state index in [-0.39, 0.29) is 17.5 Å². The van der Waals surface area contributed by atoms with E-state index in [1.165, 1.54) is 6.20 Å². The quantitative estimate of drug-likeness (QED) is 0.926. The van der Waals surface area contributed by atoms with Crippen LogP contribution >= 0.6 is 11.6 Å². The van der Waals surface area contributed by atoms with Crippen LogP contribution in [0.3, 0.4) is 0 Å². The molecule has 0 spiro atoms. The van der Waals surface area contributed by atoms with Gasteiger partial charge in [-0.3, -0.25) is 4.79 Å². The summed E-state index contributed by atoms with van der Waals surface area (Å²) >= 11 is 5.88. The molecule has 6 heteroatoms. The summed E-state index contributed by atoms with van der Waals surface area (Å²) in [4.78, 5) is 32.2. The van der Waals surface area contributed by atoms with Gasteiger partial charge in [0, 0.05) is 42.3 Å². The van der Waals surface area contributed by atoms with Gasteiger partial charge in [0.15, 0.2) is 0 Å². The second kappa shape index (κ2) is 7.62. The van der Waals surface area contributed by atoms with E-state index in [2.05, 4.69) is 9.97 Å². The first-order chi connectivity index (χ1) is 11.6. The summed E-state index contributed by atoms with van der Waals surface area (Å²) in [5.74, 6) is 0.333. The molecule has 0 unspecified atom stereocenters. The maximum Gasteiger partial charge on any atom is 0.345 e. The van der Waals surface area contributed by atoms with Crippen molar-refractivity contribution in [3.63, 3.8) is 0 Å². The van der Waals surface area contributed by atoms with E-state index < -0.39 is 0 Å². The second-order valence-corrected chi connectivity index (χ2v) is 6.57. The summed E-state index contributed by atoms with van der Waals surface area (Å²) in [6.07, 6.45) is 4.64. The molecule has 0 saturated carbocycles. The van der Waals surface area contributed by atoms with Gasteiger partial charge >= 0.3 is 5.69 Å². The molecule has 1 aromatic carbocycles. The number of nitrogens with one attached hydrogen (secondary N) is 1. The molecular weight excluding hydrogens is 326 g/mol. The number of piperidine rings is 1. The van der Waals surface area contributed by atoms with E-state index in [1.807, 2.05) is 35.2 Å². The van der Waals surface area contributed by atoms with Crippen molar-refractivity contribution in [3.8, 4) is 0 Å². The largest absolute Gasteiger partial charge is 0.345 e. The first kappa shape index (κ1) is 16.7. The number of benzene rings is 1. The zero-order valence-electron chi connectivity index (χ0n) is 13.4. The third kappa shape index (κ3) is 4.23.